The number of rotatable bonds is 11. The highest BCUT2D eigenvalue weighted by molar-refractivity contribution is 6.44. The Morgan fingerprint density at radius 3 is 2.40 bits per heavy atom. The second-order valence-electron chi connectivity index (χ2n) is 9.57. The minimum Gasteiger partial charge on any atom is -0.383 e. The predicted molar refractivity (Wildman–Crippen MR) is 158 cm³/mol. The Labute approximate surface area is 251 Å². The van der Waals surface area contributed by atoms with Crippen molar-refractivity contribution in [3.63, 3.8) is 0 Å². The first-order chi connectivity index (χ1) is 20.1. The fourth-order valence-electron chi connectivity index (χ4n) is 4.42. The number of hydrogen-bond acceptors (Lipinski definition) is 3. The molecule has 3 amide bonds. The Balaban J connectivity index is 1.54. The summed E-state index contributed by atoms with van der Waals surface area (Å²) in [6.45, 7) is 0.281. The molecule has 0 aliphatic heterocycles. The van der Waals surface area contributed by atoms with Crippen molar-refractivity contribution in [2.45, 2.75) is 19.1 Å². The van der Waals surface area contributed by atoms with Gasteiger partial charge in [-0.3, -0.25) is 4.79 Å². The van der Waals surface area contributed by atoms with Crippen LogP contribution in [0.5, 0.6) is 0 Å². The summed E-state index contributed by atoms with van der Waals surface area (Å²) >= 11 is 12.3. The predicted octanol–water partition coefficient (Wildman–Crippen LogP) is 7.25. The van der Waals surface area contributed by atoms with Gasteiger partial charge in [0.2, 0.25) is 5.91 Å². The lowest BCUT2D eigenvalue weighted by Crippen LogP contribution is -2.46. The van der Waals surface area contributed by atoms with E-state index in [2.05, 4.69) is 10.3 Å². The van der Waals surface area contributed by atoms with Crippen molar-refractivity contribution in [1.82, 2.24) is 14.8 Å². The lowest BCUT2D eigenvalue weighted by molar-refractivity contribution is -0.137. The number of ether oxygens (including phenoxy) is 1. The summed E-state index contributed by atoms with van der Waals surface area (Å²) in [7, 11) is 1.48. The van der Waals surface area contributed by atoms with Crippen molar-refractivity contribution in [2.75, 3.05) is 38.7 Å². The van der Waals surface area contributed by atoms with Crippen molar-refractivity contribution in [3.05, 3.63) is 99.7 Å². The Morgan fingerprint density at radius 2 is 1.69 bits per heavy atom. The second-order valence-corrected chi connectivity index (χ2v) is 10.4. The van der Waals surface area contributed by atoms with Gasteiger partial charge in [-0.25, -0.2) is 4.79 Å². The van der Waals surface area contributed by atoms with Crippen LogP contribution in [0.25, 0.3) is 10.9 Å². The Bertz CT molecular complexity index is 1530. The number of urea groups is 1. The van der Waals surface area contributed by atoms with E-state index < -0.39 is 23.7 Å². The van der Waals surface area contributed by atoms with Gasteiger partial charge >= 0.3 is 12.2 Å². The van der Waals surface area contributed by atoms with Crippen LogP contribution in [0.3, 0.4) is 0 Å². The van der Waals surface area contributed by atoms with Gasteiger partial charge in [0.15, 0.2) is 0 Å². The standard InChI is InChI=1S/C30H29Cl2F3N4O3/c1-42-16-15-39(29(41)37-26-8-4-6-24(31)28(26)32)19-27(40)38(18-20-9-11-22(12-10-20)30(33,34)35)14-13-21-17-36-25-7-3-2-5-23(21)25/h2-12,17,36H,13-16,18-19H2,1H3,(H,37,41). The molecular weight excluding hydrogens is 592 g/mol. The van der Waals surface area contributed by atoms with Gasteiger partial charge < -0.3 is 24.8 Å². The van der Waals surface area contributed by atoms with Crippen LogP contribution in [-0.4, -0.2) is 60.1 Å². The van der Waals surface area contributed by atoms with E-state index in [4.69, 9.17) is 27.9 Å². The maximum atomic E-state index is 13.7. The molecule has 0 radical (unpaired) electrons. The van der Waals surface area contributed by atoms with Crippen LogP contribution < -0.4 is 5.32 Å². The van der Waals surface area contributed by atoms with Gasteiger partial charge in [0.25, 0.3) is 0 Å². The van der Waals surface area contributed by atoms with Crippen molar-refractivity contribution < 1.29 is 27.5 Å². The summed E-state index contributed by atoms with van der Waals surface area (Å²) in [4.78, 5) is 32.9. The fourth-order valence-corrected chi connectivity index (χ4v) is 4.76. The van der Waals surface area contributed by atoms with Gasteiger partial charge in [-0.15, -0.1) is 0 Å². The molecule has 3 aromatic carbocycles. The number of aromatic amines is 1. The number of benzene rings is 3. The number of anilines is 1. The molecule has 4 aromatic rings. The Kier molecular flexibility index (Phi) is 10.4. The van der Waals surface area contributed by atoms with Crippen molar-refractivity contribution in [3.8, 4) is 0 Å². The number of carbonyl (C=O) groups excluding carboxylic acids is 2. The summed E-state index contributed by atoms with van der Waals surface area (Å²) < 4.78 is 44.5. The number of amides is 3. The third-order valence-corrected chi connectivity index (χ3v) is 7.52. The number of hydrogen-bond donors (Lipinski definition) is 2. The lowest BCUT2D eigenvalue weighted by Gasteiger charge is -2.28. The molecule has 0 spiro atoms. The van der Waals surface area contributed by atoms with E-state index in [-0.39, 0.29) is 48.5 Å². The quantitative estimate of drug-likeness (QED) is 0.185. The zero-order valence-corrected chi connectivity index (χ0v) is 24.2. The maximum absolute atomic E-state index is 13.7. The molecule has 4 rings (SSSR count). The summed E-state index contributed by atoms with van der Waals surface area (Å²) in [5, 5.41) is 4.11. The lowest BCUT2D eigenvalue weighted by atomic mass is 10.1. The summed E-state index contributed by atoms with van der Waals surface area (Å²) in [6.07, 6.45) is -2.11. The minimum atomic E-state index is -4.47. The minimum absolute atomic E-state index is 0.0547. The van der Waals surface area contributed by atoms with E-state index in [0.717, 1.165) is 28.6 Å². The first-order valence-corrected chi connectivity index (χ1v) is 13.8. The van der Waals surface area contributed by atoms with Crippen LogP contribution in [0.2, 0.25) is 10.0 Å². The van der Waals surface area contributed by atoms with Crippen molar-refractivity contribution in [2.24, 2.45) is 0 Å². The Morgan fingerprint density at radius 1 is 0.952 bits per heavy atom. The van der Waals surface area contributed by atoms with Crippen LogP contribution >= 0.6 is 23.2 Å². The number of alkyl halides is 3. The van der Waals surface area contributed by atoms with Gasteiger partial charge in [-0.1, -0.05) is 59.6 Å². The normalized spacial score (nSPS) is 11.5. The molecule has 2 N–H and O–H groups in total. The molecular formula is C30H29Cl2F3N4O3. The van der Waals surface area contributed by atoms with Gasteiger partial charge in [0, 0.05) is 43.8 Å². The molecule has 0 fully saturated rings. The molecule has 0 saturated carbocycles. The number of fused-ring (bicyclic) bond motifs is 1. The van der Waals surface area contributed by atoms with Crippen LogP contribution in [-0.2, 0) is 28.7 Å². The molecule has 42 heavy (non-hydrogen) atoms. The fraction of sp³-hybridized carbons (Fsp3) is 0.267. The molecule has 0 unspecified atom stereocenters. The first kappa shape index (κ1) is 31.2. The third kappa shape index (κ3) is 7.96. The van der Waals surface area contributed by atoms with E-state index in [1.54, 1.807) is 18.2 Å². The number of halogens is 5. The first-order valence-electron chi connectivity index (χ1n) is 13.0. The van der Waals surface area contributed by atoms with Gasteiger partial charge in [0.05, 0.1) is 27.9 Å². The van der Waals surface area contributed by atoms with E-state index in [1.807, 2.05) is 30.5 Å². The zero-order chi connectivity index (χ0) is 30.3. The highest BCUT2D eigenvalue weighted by atomic mass is 35.5. The molecule has 0 aliphatic rings. The topological polar surface area (TPSA) is 77.7 Å². The number of carbonyl (C=O) groups is 2. The average Bonchev–Trinajstić information content (AvgIpc) is 3.38. The van der Waals surface area contributed by atoms with Crippen molar-refractivity contribution >= 4 is 51.7 Å². The van der Waals surface area contributed by atoms with Crippen molar-refractivity contribution in [1.29, 1.82) is 0 Å². The van der Waals surface area contributed by atoms with E-state index >= 15 is 0 Å². The van der Waals surface area contributed by atoms with E-state index in [0.29, 0.717) is 12.0 Å². The number of nitrogens with one attached hydrogen (secondary N) is 2. The smallest absolute Gasteiger partial charge is 0.383 e. The van der Waals surface area contributed by atoms with Crippen LogP contribution in [0.15, 0.2) is 72.9 Å². The molecule has 222 valence electrons. The Hall–Kier alpha value is -3.73. The molecule has 0 aliphatic carbocycles. The highest BCUT2D eigenvalue weighted by Gasteiger charge is 2.30. The van der Waals surface area contributed by atoms with Gasteiger partial charge in [-0.05, 0) is 47.9 Å². The second kappa shape index (κ2) is 14.0. The number of aromatic nitrogens is 1. The monoisotopic (exact) mass is 620 g/mol. The van der Waals surface area contributed by atoms with E-state index in [1.165, 1.54) is 29.0 Å². The number of nitrogens with zero attached hydrogens (tertiary/aromatic N) is 2. The molecule has 0 atom stereocenters. The molecule has 0 saturated heterocycles. The summed E-state index contributed by atoms with van der Waals surface area (Å²) in [5.74, 6) is -0.391. The number of methoxy groups -OCH3 is 1. The van der Waals surface area contributed by atoms with Crippen LogP contribution in [0.1, 0.15) is 16.7 Å². The average molecular weight is 621 g/mol. The number of para-hydroxylation sites is 1. The molecule has 1 heterocycles. The summed E-state index contributed by atoms with van der Waals surface area (Å²) in [6, 6.07) is 16.7. The zero-order valence-electron chi connectivity index (χ0n) is 22.7. The molecule has 12 heteroatoms. The molecule has 0 bridgehead atoms. The largest absolute Gasteiger partial charge is 0.416 e. The van der Waals surface area contributed by atoms with Gasteiger partial charge in [0.1, 0.15) is 6.54 Å². The van der Waals surface area contributed by atoms with E-state index in [9.17, 15) is 22.8 Å². The summed E-state index contributed by atoms with van der Waals surface area (Å²) in [5.41, 5.74) is 1.97. The van der Waals surface area contributed by atoms with Crippen LogP contribution in [0, 0.1) is 0 Å². The maximum Gasteiger partial charge on any atom is 0.416 e. The third-order valence-electron chi connectivity index (χ3n) is 6.71. The SMILES string of the molecule is COCCN(CC(=O)N(CCc1c[nH]c2ccccc12)Cc1ccc(C(F)(F)F)cc1)C(=O)Nc1cccc(Cl)c1Cl. The van der Waals surface area contributed by atoms with Gasteiger partial charge in [-0.2, -0.15) is 13.2 Å². The highest BCUT2D eigenvalue weighted by Crippen LogP contribution is 2.30. The molecule has 7 nitrogen and oxygen atoms in total. The molecule has 1 aromatic heterocycles. The van der Waals surface area contributed by atoms with Crippen LogP contribution in [0.4, 0.5) is 23.7 Å². The number of H-pyrrole nitrogens is 1.